The molecule has 1 fully saturated rings. The van der Waals surface area contributed by atoms with Crippen molar-refractivity contribution in [2.24, 2.45) is 0 Å². The molecule has 0 unspecified atom stereocenters. The Balaban J connectivity index is 2.26. The van der Waals surface area contributed by atoms with Gasteiger partial charge in [0.25, 0.3) is 0 Å². The predicted molar refractivity (Wildman–Crippen MR) is 82.7 cm³/mol. The molecular formula is C17H24F4N2. The Hall–Kier alpha value is -1.14. The van der Waals surface area contributed by atoms with Gasteiger partial charge in [-0.1, -0.05) is 32.3 Å². The maximum Gasteiger partial charge on any atom is 0.419 e. The standard InChI is InChI=1S/C17H24F4N2/c1-2-3-4-5-16(23-10-8-22-9-11-23)13-6-7-15(18)14(12-13)17(19,20)21/h6-7,12,16,22H,2-5,8-11H2,1H3/t16-/m0/s1. The van der Waals surface area contributed by atoms with Crippen LogP contribution < -0.4 is 5.32 Å². The summed E-state index contributed by atoms with van der Waals surface area (Å²) in [5, 5.41) is 3.25. The van der Waals surface area contributed by atoms with Crippen LogP contribution in [0.2, 0.25) is 0 Å². The highest BCUT2D eigenvalue weighted by Crippen LogP contribution is 2.35. The summed E-state index contributed by atoms with van der Waals surface area (Å²) in [6.07, 6.45) is -0.778. The summed E-state index contributed by atoms with van der Waals surface area (Å²) in [4.78, 5) is 2.21. The van der Waals surface area contributed by atoms with Crippen molar-refractivity contribution in [3.63, 3.8) is 0 Å². The molecule has 1 N–H and O–H groups in total. The van der Waals surface area contributed by atoms with Crippen LogP contribution in [0.15, 0.2) is 18.2 Å². The van der Waals surface area contributed by atoms with Crippen molar-refractivity contribution in [2.75, 3.05) is 26.2 Å². The van der Waals surface area contributed by atoms with Gasteiger partial charge in [0.1, 0.15) is 5.82 Å². The number of benzene rings is 1. The summed E-state index contributed by atoms with van der Waals surface area (Å²) in [6, 6.07) is 3.37. The van der Waals surface area contributed by atoms with Crippen molar-refractivity contribution in [1.29, 1.82) is 0 Å². The molecule has 130 valence electrons. The van der Waals surface area contributed by atoms with E-state index < -0.39 is 17.6 Å². The zero-order chi connectivity index (χ0) is 16.9. The van der Waals surface area contributed by atoms with Gasteiger partial charge in [-0.25, -0.2) is 4.39 Å². The molecular weight excluding hydrogens is 308 g/mol. The first kappa shape index (κ1) is 18.2. The van der Waals surface area contributed by atoms with E-state index in [1.807, 2.05) is 0 Å². The van der Waals surface area contributed by atoms with Crippen molar-refractivity contribution < 1.29 is 17.6 Å². The van der Waals surface area contributed by atoms with Crippen LogP contribution in [0.4, 0.5) is 17.6 Å². The highest BCUT2D eigenvalue weighted by molar-refractivity contribution is 5.29. The number of hydrogen-bond acceptors (Lipinski definition) is 2. The normalized spacial score (nSPS) is 18.1. The smallest absolute Gasteiger partial charge is 0.314 e. The van der Waals surface area contributed by atoms with E-state index in [4.69, 9.17) is 0 Å². The summed E-state index contributed by atoms with van der Waals surface area (Å²) in [5.74, 6) is -1.20. The van der Waals surface area contributed by atoms with Crippen LogP contribution in [-0.4, -0.2) is 31.1 Å². The first-order valence-corrected chi connectivity index (χ1v) is 8.25. The molecule has 1 saturated heterocycles. The number of hydrogen-bond donors (Lipinski definition) is 1. The Bertz CT molecular complexity index is 496. The van der Waals surface area contributed by atoms with E-state index in [2.05, 4.69) is 17.1 Å². The number of nitrogens with zero attached hydrogens (tertiary/aromatic N) is 1. The lowest BCUT2D eigenvalue weighted by molar-refractivity contribution is -0.140. The monoisotopic (exact) mass is 332 g/mol. The number of alkyl halides is 3. The van der Waals surface area contributed by atoms with Crippen molar-refractivity contribution in [1.82, 2.24) is 10.2 Å². The summed E-state index contributed by atoms with van der Waals surface area (Å²) in [5.41, 5.74) is -0.595. The maximum atomic E-state index is 13.5. The minimum atomic E-state index is -4.66. The van der Waals surface area contributed by atoms with E-state index in [-0.39, 0.29) is 6.04 Å². The van der Waals surface area contributed by atoms with Gasteiger partial charge in [0.2, 0.25) is 0 Å². The molecule has 1 aliphatic rings. The molecule has 0 saturated carbocycles. The van der Waals surface area contributed by atoms with Crippen LogP contribution in [-0.2, 0) is 6.18 Å². The Morgan fingerprint density at radius 2 is 1.87 bits per heavy atom. The molecule has 1 heterocycles. The van der Waals surface area contributed by atoms with Crippen molar-refractivity contribution in [2.45, 2.75) is 44.8 Å². The summed E-state index contributed by atoms with van der Waals surface area (Å²) >= 11 is 0. The minimum Gasteiger partial charge on any atom is -0.314 e. The molecule has 0 aromatic heterocycles. The molecule has 0 bridgehead atoms. The van der Waals surface area contributed by atoms with Crippen LogP contribution in [0.1, 0.15) is 49.8 Å². The molecule has 1 aliphatic heterocycles. The Labute approximate surface area is 134 Å². The molecule has 2 rings (SSSR count). The van der Waals surface area contributed by atoms with Crippen LogP contribution in [0.3, 0.4) is 0 Å². The lowest BCUT2D eigenvalue weighted by Gasteiger charge is -2.35. The van der Waals surface area contributed by atoms with Gasteiger partial charge in [-0.3, -0.25) is 4.90 Å². The van der Waals surface area contributed by atoms with Crippen molar-refractivity contribution in [3.05, 3.63) is 35.1 Å². The largest absolute Gasteiger partial charge is 0.419 e. The molecule has 1 aromatic rings. The third kappa shape index (κ3) is 4.91. The zero-order valence-corrected chi connectivity index (χ0v) is 13.4. The van der Waals surface area contributed by atoms with Gasteiger partial charge in [0, 0.05) is 32.2 Å². The quantitative estimate of drug-likeness (QED) is 0.615. The van der Waals surface area contributed by atoms with Crippen molar-refractivity contribution in [3.8, 4) is 0 Å². The Morgan fingerprint density at radius 1 is 1.17 bits per heavy atom. The summed E-state index contributed by atoms with van der Waals surface area (Å²) in [6.45, 7) is 5.36. The Morgan fingerprint density at radius 3 is 2.48 bits per heavy atom. The van der Waals surface area contributed by atoms with E-state index in [1.165, 1.54) is 6.07 Å². The van der Waals surface area contributed by atoms with E-state index >= 15 is 0 Å². The van der Waals surface area contributed by atoms with Gasteiger partial charge in [0.15, 0.2) is 0 Å². The number of piperazine rings is 1. The molecule has 0 amide bonds. The third-order valence-electron chi connectivity index (χ3n) is 4.35. The predicted octanol–water partition coefficient (Wildman–Crippen LogP) is 4.37. The molecule has 1 aromatic carbocycles. The molecule has 1 atom stereocenters. The highest BCUT2D eigenvalue weighted by atomic mass is 19.4. The van der Waals surface area contributed by atoms with E-state index in [0.29, 0.717) is 5.56 Å². The first-order valence-electron chi connectivity index (χ1n) is 8.25. The van der Waals surface area contributed by atoms with Crippen LogP contribution in [0.5, 0.6) is 0 Å². The second-order valence-corrected chi connectivity index (χ2v) is 6.03. The molecule has 0 radical (unpaired) electrons. The molecule has 0 spiro atoms. The highest BCUT2D eigenvalue weighted by Gasteiger charge is 2.35. The second kappa shape index (κ2) is 8.11. The lowest BCUT2D eigenvalue weighted by Crippen LogP contribution is -2.45. The van der Waals surface area contributed by atoms with Gasteiger partial charge in [-0.15, -0.1) is 0 Å². The molecule has 2 nitrogen and oxygen atoms in total. The fourth-order valence-electron chi connectivity index (χ4n) is 3.11. The fourth-order valence-corrected chi connectivity index (χ4v) is 3.11. The average Bonchev–Trinajstić information content (AvgIpc) is 2.52. The first-order chi connectivity index (χ1) is 10.9. The lowest BCUT2D eigenvalue weighted by atomic mass is 9.96. The van der Waals surface area contributed by atoms with Crippen molar-refractivity contribution >= 4 is 0 Å². The average molecular weight is 332 g/mol. The van der Waals surface area contributed by atoms with E-state index in [0.717, 1.165) is 64.0 Å². The third-order valence-corrected chi connectivity index (χ3v) is 4.35. The second-order valence-electron chi connectivity index (χ2n) is 6.03. The van der Waals surface area contributed by atoms with Gasteiger partial charge in [-0.2, -0.15) is 13.2 Å². The molecule has 6 heteroatoms. The topological polar surface area (TPSA) is 15.3 Å². The summed E-state index contributed by atoms with van der Waals surface area (Å²) in [7, 11) is 0. The number of rotatable bonds is 6. The van der Waals surface area contributed by atoms with Gasteiger partial charge in [-0.05, 0) is 24.1 Å². The summed E-state index contributed by atoms with van der Waals surface area (Å²) < 4.78 is 52.5. The minimum absolute atomic E-state index is 0.0784. The number of unbranched alkanes of at least 4 members (excludes halogenated alkanes) is 2. The van der Waals surface area contributed by atoms with Gasteiger partial charge in [0.05, 0.1) is 5.56 Å². The van der Waals surface area contributed by atoms with Gasteiger partial charge < -0.3 is 5.32 Å². The van der Waals surface area contributed by atoms with E-state index in [1.54, 1.807) is 0 Å². The van der Waals surface area contributed by atoms with Gasteiger partial charge >= 0.3 is 6.18 Å². The van der Waals surface area contributed by atoms with Crippen LogP contribution >= 0.6 is 0 Å². The number of nitrogens with one attached hydrogen (secondary N) is 1. The van der Waals surface area contributed by atoms with Crippen LogP contribution in [0, 0.1) is 5.82 Å². The van der Waals surface area contributed by atoms with E-state index in [9.17, 15) is 17.6 Å². The zero-order valence-electron chi connectivity index (χ0n) is 13.4. The Kier molecular flexibility index (Phi) is 6.41. The SMILES string of the molecule is CCCCC[C@@H](c1ccc(F)c(C(F)(F)F)c1)N1CCNCC1. The number of halogens is 4. The molecule has 23 heavy (non-hydrogen) atoms. The van der Waals surface area contributed by atoms with Crippen LogP contribution in [0.25, 0.3) is 0 Å². The fraction of sp³-hybridized carbons (Fsp3) is 0.647. The molecule has 0 aliphatic carbocycles. The maximum absolute atomic E-state index is 13.5.